The van der Waals surface area contributed by atoms with Crippen LogP contribution in [0.5, 0.6) is 0 Å². The first-order valence-corrected chi connectivity index (χ1v) is 5.04. The van der Waals surface area contributed by atoms with Crippen LogP contribution < -0.4 is 11.3 Å². The first-order valence-electron chi connectivity index (χ1n) is 5.04. The molecule has 3 rings (SSSR count). The predicted molar refractivity (Wildman–Crippen MR) is 63.0 cm³/mol. The number of benzene rings is 1. The normalized spacial score (nSPS) is 10.9. The monoisotopic (exact) mass is 227 g/mol. The first kappa shape index (κ1) is 9.73. The number of amides is 1. The Labute approximate surface area is 95.8 Å². The molecule has 2 heterocycles. The zero-order chi connectivity index (χ0) is 11.8. The van der Waals surface area contributed by atoms with E-state index in [9.17, 15) is 4.79 Å². The minimum absolute atomic E-state index is 0.0600. The lowest BCUT2D eigenvalue weighted by molar-refractivity contribution is 0.0943. The molecule has 0 bridgehead atoms. The van der Waals surface area contributed by atoms with Crippen LogP contribution in [0, 0.1) is 0 Å². The number of rotatable bonds is 1. The summed E-state index contributed by atoms with van der Waals surface area (Å²) < 4.78 is 0. The highest BCUT2D eigenvalue weighted by Crippen LogP contribution is 2.22. The summed E-state index contributed by atoms with van der Waals surface area (Å²) in [5.74, 6) is 4.61. The highest BCUT2D eigenvalue weighted by molar-refractivity contribution is 6.05. The van der Waals surface area contributed by atoms with E-state index in [1.165, 1.54) is 0 Å². The van der Waals surface area contributed by atoms with Gasteiger partial charge < -0.3 is 4.98 Å². The Morgan fingerprint density at radius 2 is 2.12 bits per heavy atom. The number of aromatic nitrogens is 3. The molecule has 2 aromatic heterocycles. The van der Waals surface area contributed by atoms with Gasteiger partial charge in [0.2, 0.25) is 5.82 Å². The highest BCUT2D eigenvalue weighted by atomic mass is 16.2. The second-order valence-electron chi connectivity index (χ2n) is 3.60. The number of aromatic amines is 1. The number of nitrogens with zero attached hydrogens (tertiary/aromatic N) is 2. The van der Waals surface area contributed by atoms with Crippen LogP contribution in [0.4, 0.5) is 0 Å². The van der Waals surface area contributed by atoms with Gasteiger partial charge in [-0.3, -0.25) is 10.2 Å². The number of hydrogen-bond acceptors (Lipinski definition) is 4. The van der Waals surface area contributed by atoms with Crippen molar-refractivity contribution in [3.05, 3.63) is 36.3 Å². The van der Waals surface area contributed by atoms with Crippen molar-refractivity contribution < 1.29 is 4.79 Å². The van der Waals surface area contributed by atoms with Crippen LogP contribution in [0.15, 0.2) is 30.5 Å². The van der Waals surface area contributed by atoms with Crippen molar-refractivity contribution in [2.45, 2.75) is 0 Å². The first-order chi connectivity index (χ1) is 8.29. The highest BCUT2D eigenvalue weighted by Gasteiger charge is 2.11. The number of carbonyl (C=O) groups is 1. The van der Waals surface area contributed by atoms with E-state index in [0.717, 1.165) is 16.4 Å². The second kappa shape index (κ2) is 3.53. The van der Waals surface area contributed by atoms with E-state index in [2.05, 4.69) is 15.0 Å². The average Bonchev–Trinajstić information content (AvgIpc) is 2.75. The molecule has 0 unspecified atom stereocenters. The molecule has 0 aliphatic carbocycles. The number of nitrogens with one attached hydrogen (secondary N) is 2. The minimum Gasteiger partial charge on any atom is -0.352 e. The van der Waals surface area contributed by atoms with Crippen molar-refractivity contribution in [1.82, 2.24) is 20.4 Å². The summed E-state index contributed by atoms with van der Waals surface area (Å²) in [6.07, 6.45) is 1.58. The number of hydrazine groups is 1. The lowest BCUT2D eigenvalue weighted by Gasteiger charge is -1.97. The molecule has 0 aliphatic rings. The Balaban J connectivity index is 2.33. The molecule has 0 spiro atoms. The summed E-state index contributed by atoms with van der Waals surface area (Å²) in [5, 5.41) is 0.955. The fourth-order valence-electron chi connectivity index (χ4n) is 1.80. The molecule has 0 fully saturated rings. The van der Waals surface area contributed by atoms with Crippen LogP contribution in [-0.4, -0.2) is 20.9 Å². The van der Waals surface area contributed by atoms with Crippen molar-refractivity contribution >= 4 is 27.8 Å². The number of H-pyrrole nitrogens is 1. The third-order valence-corrected chi connectivity index (χ3v) is 2.57. The summed E-state index contributed by atoms with van der Waals surface area (Å²) in [7, 11) is 0. The number of carbonyl (C=O) groups excluding carboxylic acids is 1. The van der Waals surface area contributed by atoms with E-state index in [0.29, 0.717) is 5.52 Å². The van der Waals surface area contributed by atoms with Gasteiger partial charge in [-0.15, -0.1) is 0 Å². The van der Waals surface area contributed by atoms with Crippen LogP contribution in [-0.2, 0) is 0 Å². The maximum absolute atomic E-state index is 11.3. The molecule has 6 nitrogen and oxygen atoms in total. The fraction of sp³-hybridized carbons (Fsp3) is 0. The Morgan fingerprint density at radius 3 is 2.94 bits per heavy atom. The zero-order valence-electron chi connectivity index (χ0n) is 8.77. The molecule has 3 aromatic rings. The molecule has 84 valence electrons. The molecule has 17 heavy (non-hydrogen) atoms. The zero-order valence-corrected chi connectivity index (χ0v) is 8.77. The van der Waals surface area contributed by atoms with E-state index < -0.39 is 5.91 Å². The second-order valence-corrected chi connectivity index (χ2v) is 3.60. The van der Waals surface area contributed by atoms with Crippen LogP contribution >= 0.6 is 0 Å². The largest absolute Gasteiger partial charge is 0.352 e. The van der Waals surface area contributed by atoms with Gasteiger partial charge in [0, 0.05) is 10.9 Å². The molecular weight excluding hydrogens is 218 g/mol. The summed E-state index contributed by atoms with van der Waals surface area (Å²) in [6, 6.07) is 7.73. The Bertz CT molecular complexity index is 718. The summed E-state index contributed by atoms with van der Waals surface area (Å²) >= 11 is 0. The molecule has 1 aromatic carbocycles. The average molecular weight is 227 g/mol. The van der Waals surface area contributed by atoms with E-state index in [4.69, 9.17) is 5.84 Å². The van der Waals surface area contributed by atoms with Gasteiger partial charge in [0.1, 0.15) is 5.52 Å². The summed E-state index contributed by atoms with van der Waals surface area (Å²) in [4.78, 5) is 22.7. The van der Waals surface area contributed by atoms with Gasteiger partial charge in [-0.1, -0.05) is 18.2 Å². The molecule has 0 radical (unpaired) electrons. The molecular formula is C11H9N5O. The van der Waals surface area contributed by atoms with Gasteiger partial charge in [-0.25, -0.2) is 15.8 Å². The number of nitrogens with two attached hydrogens (primary N) is 1. The van der Waals surface area contributed by atoms with E-state index in [1.54, 1.807) is 6.20 Å². The molecule has 0 saturated carbocycles. The molecule has 4 N–H and O–H groups in total. The third-order valence-electron chi connectivity index (χ3n) is 2.57. The van der Waals surface area contributed by atoms with Gasteiger partial charge >= 0.3 is 5.91 Å². The van der Waals surface area contributed by atoms with Crippen molar-refractivity contribution in [1.29, 1.82) is 0 Å². The number of fused-ring (bicyclic) bond motifs is 3. The summed E-state index contributed by atoms with van der Waals surface area (Å²) in [6.45, 7) is 0. The van der Waals surface area contributed by atoms with Crippen molar-refractivity contribution in [2.24, 2.45) is 5.84 Å². The van der Waals surface area contributed by atoms with E-state index >= 15 is 0 Å². The molecule has 0 atom stereocenters. The maximum atomic E-state index is 11.3. The fourth-order valence-corrected chi connectivity index (χ4v) is 1.80. The smallest absolute Gasteiger partial charge is 0.302 e. The van der Waals surface area contributed by atoms with Crippen molar-refractivity contribution in [3.63, 3.8) is 0 Å². The molecule has 6 heteroatoms. The van der Waals surface area contributed by atoms with Crippen LogP contribution in [0.2, 0.25) is 0 Å². The molecule has 1 amide bonds. The molecule has 0 aliphatic heterocycles. The Hall–Kier alpha value is -2.47. The van der Waals surface area contributed by atoms with Gasteiger partial charge in [0.05, 0.1) is 11.7 Å². The number of hydrogen-bond donors (Lipinski definition) is 3. The SMILES string of the molecule is NNC(=O)c1ncc2[nH]c3ccccc3c2n1. The number of para-hydroxylation sites is 1. The van der Waals surface area contributed by atoms with Crippen LogP contribution in [0.3, 0.4) is 0 Å². The minimum atomic E-state index is -0.503. The van der Waals surface area contributed by atoms with Crippen molar-refractivity contribution in [3.8, 4) is 0 Å². The Morgan fingerprint density at radius 1 is 1.29 bits per heavy atom. The third kappa shape index (κ3) is 1.42. The predicted octanol–water partition coefficient (Wildman–Crippen LogP) is 0.715. The Kier molecular flexibility index (Phi) is 2.02. The van der Waals surface area contributed by atoms with Crippen molar-refractivity contribution in [2.75, 3.05) is 0 Å². The van der Waals surface area contributed by atoms with Gasteiger partial charge in [-0.05, 0) is 6.07 Å². The lowest BCUT2D eigenvalue weighted by Crippen LogP contribution is -2.31. The van der Waals surface area contributed by atoms with Crippen LogP contribution in [0.25, 0.3) is 21.9 Å². The van der Waals surface area contributed by atoms with Crippen LogP contribution in [0.1, 0.15) is 10.6 Å². The van der Waals surface area contributed by atoms with Gasteiger partial charge in [0.25, 0.3) is 0 Å². The van der Waals surface area contributed by atoms with Gasteiger partial charge in [0.15, 0.2) is 0 Å². The van der Waals surface area contributed by atoms with Gasteiger partial charge in [-0.2, -0.15) is 0 Å². The quantitative estimate of drug-likeness (QED) is 0.324. The lowest BCUT2D eigenvalue weighted by atomic mass is 10.2. The maximum Gasteiger partial charge on any atom is 0.302 e. The van der Waals surface area contributed by atoms with E-state index in [-0.39, 0.29) is 5.82 Å². The topological polar surface area (TPSA) is 96.7 Å². The number of nitrogen functional groups attached to an aromatic ring is 1. The standard InChI is InChI=1S/C11H9N5O/c12-16-11(17)10-13-5-8-9(15-10)6-3-1-2-4-7(6)14-8/h1-5,14H,12H2,(H,16,17). The summed E-state index contributed by atoms with van der Waals surface area (Å²) in [5.41, 5.74) is 4.48. The van der Waals surface area contributed by atoms with E-state index in [1.807, 2.05) is 29.7 Å². The molecule has 0 saturated heterocycles.